The van der Waals surface area contributed by atoms with Crippen LogP contribution < -0.4 is 4.74 Å². The minimum Gasteiger partial charge on any atom is -0.429 e. The van der Waals surface area contributed by atoms with Crippen LogP contribution in [0.25, 0.3) is 22.3 Å². The monoisotopic (exact) mass is 610 g/mol. The van der Waals surface area contributed by atoms with Crippen LogP contribution in [-0.4, -0.2) is 6.36 Å². The third kappa shape index (κ3) is 7.98. The molecule has 0 aliphatic carbocycles. The summed E-state index contributed by atoms with van der Waals surface area (Å²) >= 11 is 0. The molecule has 4 aromatic carbocycles. The van der Waals surface area contributed by atoms with E-state index in [0.29, 0.717) is 12.1 Å². The van der Waals surface area contributed by atoms with E-state index in [4.69, 9.17) is 4.74 Å². The van der Waals surface area contributed by atoms with Crippen LogP contribution in [0.1, 0.15) is 30.0 Å². The van der Waals surface area contributed by atoms with Gasteiger partial charge in [0.25, 0.3) is 0 Å². The molecule has 0 saturated heterocycles. The molecule has 0 saturated carbocycles. The van der Waals surface area contributed by atoms with Gasteiger partial charge in [0.2, 0.25) is 0 Å². The fourth-order valence-electron chi connectivity index (χ4n) is 4.27. The zero-order valence-corrected chi connectivity index (χ0v) is 22.4. The lowest BCUT2D eigenvalue weighted by Crippen LogP contribution is -2.29. The molecule has 2 nitrogen and oxygen atoms in total. The van der Waals surface area contributed by atoms with Crippen molar-refractivity contribution in [1.82, 2.24) is 0 Å². The van der Waals surface area contributed by atoms with Gasteiger partial charge in [-0.3, -0.25) is 0 Å². The first-order chi connectivity index (χ1) is 20.2. The lowest BCUT2D eigenvalue weighted by Gasteiger charge is -2.20. The Morgan fingerprint density at radius 3 is 1.63 bits per heavy atom. The molecule has 226 valence electrons. The summed E-state index contributed by atoms with van der Waals surface area (Å²) in [5, 5.41) is 0. The second-order valence-electron chi connectivity index (χ2n) is 9.40. The van der Waals surface area contributed by atoms with E-state index in [1.165, 1.54) is 24.3 Å². The molecule has 0 bridgehead atoms. The van der Waals surface area contributed by atoms with Crippen molar-refractivity contribution in [3.05, 3.63) is 125 Å². The summed E-state index contributed by atoms with van der Waals surface area (Å²) in [7, 11) is 0. The summed E-state index contributed by atoms with van der Waals surface area (Å²) in [6.45, 7) is 1.95. The normalized spacial score (nSPS) is 12.6. The van der Waals surface area contributed by atoms with Crippen molar-refractivity contribution in [2.45, 2.75) is 38.3 Å². The summed E-state index contributed by atoms with van der Waals surface area (Å²) in [6.07, 6.45) is -9.11. The van der Waals surface area contributed by atoms with Gasteiger partial charge in [-0.15, -0.1) is 13.2 Å². The van der Waals surface area contributed by atoms with Gasteiger partial charge in [0.15, 0.2) is 0 Å². The largest absolute Gasteiger partial charge is 0.527 e. The third-order valence-electron chi connectivity index (χ3n) is 6.35. The van der Waals surface area contributed by atoms with Crippen molar-refractivity contribution >= 4 is 0 Å². The second-order valence-corrected chi connectivity index (χ2v) is 9.40. The Balaban J connectivity index is 1.46. The summed E-state index contributed by atoms with van der Waals surface area (Å²) in [4.78, 5) is 0. The Morgan fingerprint density at radius 1 is 0.628 bits per heavy atom. The molecular formula is C32H23F9O2. The molecule has 0 radical (unpaired) electrons. The SMILES string of the molecule is C/C=C/CCc1ccc(-c2ccc(C(F)(F)Oc3ccc(-c4cc(F)c(C(F)(F)OC(F)(F)F)c(F)c4)cc3)cc2)cc1. The Labute approximate surface area is 241 Å². The van der Waals surface area contributed by atoms with Crippen LogP contribution in [0.2, 0.25) is 0 Å². The molecule has 43 heavy (non-hydrogen) atoms. The highest BCUT2D eigenvalue weighted by molar-refractivity contribution is 5.65. The van der Waals surface area contributed by atoms with E-state index in [1.807, 2.05) is 37.3 Å². The summed E-state index contributed by atoms with van der Waals surface area (Å²) in [5.41, 5.74) is -0.315. The first kappa shape index (κ1) is 31.7. The number of aryl methyl sites for hydroxylation is 1. The van der Waals surface area contributed by atoms with Crippen molar-refractivity contribution in [2.75, 3.05) is 0 Å². The number of allylic oxidation sites excluding steroid dienone is 2. The minimum atomic E-state index is -5.86. The van der Waals surface area contributed by atoms with Gasteiger partial charge >= 0.3 is 18.6 Å². The maximum Gasteiger partial charge on any atom is 0.527 e. The Hall–Kier alpha value is -4.25. The van der Waals surface area contributed by atoms with E-state index in [-0.39, 0.29) is 16.9 Å². The average Bonchev–Trinajstić information content (AvgIpc) is 2.92. The van der Waals surface area contributed by atoms with E-state index >= 15 is 0 Å². The fourth-order valence-corrected chi connectivity index (χ4v) is 4.27. The zero-order valence-electron chi connectivity index (χ0n) is 22.4. The van der Waals surface area contributed by atoms with Gasteiger partial charge in [0, 0.05) is 0 Å². The summed E-state index contributed by atoms with van der Waals surface area (Å²) < 4.78 is 130. The lowest BCUT2D eigenvalue weighted by molar-refractivity contribution is -0.432. The summed E-state index contributed by atoms with van der Waals surface area (Å²) in [5.74, 6) is -4.33. The smallest absolute Gasteiger partial charge is 0.429 e. The molecule has 0 spiro atoms. The minimum absolute atomic E-state index is 0.0164. The van der Waals surface area contributed by atoms with Gasteiger partial charge in [-0.05, 0) is 84.0 Å². The van der Waals surface area contributed by atoms with E-state index in [1.54, 1.807) is 0 Å². The van der Waals surface area contributed by atoms with E-state index in [9.17, 15) is 39.5 Å². The highest BCUT2D eigenvalue weighted by Gasteiger charge is 2.49. The van der Waals surface area contributed by atoms with Gasteiger partial charge in [0.05, 0.1) is 5.56 Å². The molecule has 0 fully saturated rings. The third-order valence-corrected chi connectivity index (χ3v) is 6.35. The fraction of sp³-hybridized carbons (Fsp3) is 0.188. The highest BCUT2D eigenvalue weighted by atomic mass is 19.4. The van der Waals surface area contributed by atoms with Crippen molar-refractivity contribution in [3.8, 4) is 28.0 Å². The molecule has 0 atom stereocenters. The van der Waals surface area contributed by atoms with Crippen LogP contribution in [0.15, 0.2) is 97.1 Å². The van der Waals surface area contributed by atoms with E-state index in [2.05, 4.69) is 10.8 Å². The van der Waals surface area contributed by atoms with Crippen LogP contribution in [0.5, 0.6) is 5.75 Å². The second kappa shape index (κ2) is 12.5. The quantitative estimate of drug-likeness (QED) is 0.131. The molecule has 4 aromatic rings. The molecule has 0 N–H and O–H groups in total. The van der Waals surface area contributed by atoms with E-state index < -0.39 is 41.3 Å². The maximum absolute atomic E-state index is 14.9. The van der Waals surface area contributed by atoms with Crippen LogP contribution in [0, 0.1) is 11.6 Å². The molecule has 0 aromatic heterocycles. The lowest BCUT2D eigenvalue weighted by atomic mass is 10.0. The van der Waals surface area contributed by atoms with Crippen LogP contribution in [-0.2, 0) is 23.4 Å². The number of hydrogen-bond acceptors (Lipinski definition) is 2. The van der Waals surface area contributed by atoms with Crippen molar-refractivity contribution in [2.24, 2.45) is 0 Å². The van der Waals surface area contributed by atoms with Crippen LogP contribution in [0.4, 0.5) is 39.5 Å². The molecule has 0 unspecified atom stereocenters. The number of ether oxygens (including phenoxy) is 2. The predicted molar refractivity (Wildman–Crippen MR) is 142 cm³/mol. The number of rotatable bonds is 10. The first-order valence-corrected chi connectivity index (χ1v) is 12.8. The molecular weight excluding hydrogens is 587 g/mol. The Kier molecular flexibility index (Phi) is 9.24. The Morgan fingerprint density at radius 2 is 1.12 bits per heavy atom. The van der Waals surface area contributed by atoms with Crippen LogP contribution in [0.3, 0.4) is 0 Å². The predicted octanol–water partition coefficient (Wildman–Crippen LogP) is 10.5. The van der Waals surface area contributed by atoms with Gasteiger partial charge in [0.1, 0.15) is 22.9 Å². The Bertz CT molecular complexity index is 1540. The maximum atomic E-state index is 14.9. The molecule has 0 amide bonds. The number of halogens is 9. The highest BCUT2D eigenvalue weighted by Crippen LogP contribution is 2.40. The molecule has 0 aliphatic heterocycles. The van der Waals surface area contributed by atoms with Crippen LogP contribution >= 0.6 is 0 Å². The first-order valence-electron chi connectivity index (χ1n) is 12.8. The van der Waals surface area contributed by atoms with Gasteiger partial charge in [-0.25, -0.2) is 13.5 Å². The molecule has 0 aliphatic rings. The number of benzene rings is 4. The number of alkyl halides is 7. The summed E-state index contributed by atoms with van der Waals surface area (Å²) in [6, 6.07) is 18.3. The van der Waals surface area contributed by atoms with Gasteiger partial charge in [-0.1, -0.05) is 60.7 Å². The van der Waals surface area contributed by atoms with Crippen molar-refractivity contribution in [3.63, 3.8) is 0 Å². The van der Waals surface area contributed by atoms with Crippen molar-refractivity contribution in [1.29, 1.82) is 0 Å². The molecule has 4 rings (SSSR count). The average molecular weight is 611 g/mol. The van der Waals surface area contributed by atoms with Gasteiger partial charge in [-0.2, -0.15) is 17.6 Å². The topological polar surface area (TPSA) is 18.5 Å². The van der Waals surface area contributed by atoms with E-state index in [0.717, 1.165) is 53.8 Å². The number of hydrogen-bond donors (Lipinski definition) is 0. The van der Waals surface area contributed by atoms with Gasteiger partial charge < -0.3 is 4.74 Å². The van der Waals surface area contributed by atoms with Crippen molar-refractivity contribution < 1.29 is 49.0 Å². The standard InChI is InChI=1S/C32H23F9O2/c1-2-3-4-5-20-6-8-21(9-7-20)22-10-14-25(15-11-22)30(35,36)42-26-16-12-23(13-17-26)24-18-27(33)29(28(34)19-24)31(37,38)43-32(39,40)41/h2-3,6-19H,4-5H2,1H3/b3-2+. The molecule has 11 heteroatoms. The molecule has 0 heterocycles. The zero-order chi connectivity index (χ0) is 31.4.